The minimum absolute atomic E-state index is 0.0741. The molecule has 6 nitrogen and oxygen atoms in total. The monoisotopic (exact) mass is 291 g/mol. The van der Waals surface area contributed by atoms with Gasteiger partial charge in [0.15, 0.2) is 0 Å². The molecule has 0 aliphatic heterocycles. The van der Waals surface area contributed by atoms with Gasteiger partial charge in [0.1, 0.15) is 0 Å². The van der Waals surface area contributed by atoms with E-state index in [0.717, 1.165) is 18.9 Å². The number of anilines is 1. The Morgan fingerprint density at radius 3 is 2.71 bits per heavy atom. The van der Waals surface area contributed by atoms with Crippen LogP contribution in [-0.4, -0.2) is 24.4 Å². The minimum Gasteiger partial charge on any atom is -0.384 e. The Balaban J connectivity index is 2.05. The number of nitrogens with zero attached hydrogens (tertiary/aromatic N) is 1. The number of nitro benzene ring substituents is 1. The topological polar surface area (TPSA) is 84.3 Å². The average Bonchev–Trinajstić information content (AvgIpc) is 2.99. The predicted octanol–water partition coefficient (Wildman–Crippen LogP) is 2.95. The summed E-state index contributed by atoms with van der Waals surface area (Å²) in [6.07, 6.45) is 6.26. The molecule has 0 spiro atoms. The Bertz CT molecular complexity index is 525. The van der Waals surface area contributed by atoms with Gasteiger partial charge >= 0.3 is 0 Å². The lowest BCUT2D eigenvalue weighted by Gasteiger charge is -2.13. The van der Waals surface area contributed by atoms with E-state index in [1.54, 1.807) is 6.07 Å². The number of nitrogens with one attached hydrogen (secondary N) is 2. The van der Waals surface area contributed by atoms with E-state index < -0.39 is 4.92 Å². The van der Waals surface area contributed by atoms with Crippen LogP contribution in [0.25, 0.3) is 0 Å². The van der Waals surface area contributed by atoms with Gasteiger partial charge in [-0.25, -0.2) is 0 Å². The fourth-order valence-corrected chi connectivity index (χ4v) is 2.83. The van der Waals surface area contributed by atoms with Crippen LogP contribution in [0.4, 0.5) is 11.4 Å². The Kier molecular flexibility index (Phi) is 5.14. The van der Waals surface area contributed by atoms with Crippen molar-refractivity contribution in [1.82, 2.24) is 5.32 Å². The van der Waals surface area contributed by atoms with Crippen molar-refractivity contribution in [2.45, 2.75) is 32.1 Å². The summed E-state index contributed by atoms with van der Waals surface area (Å²) in [5.41, 5.74) is 0.894. The largest absolute Gasteiger partial charge is 0.384 e. The molecule has 1 aliphatic carbocycles. The number of hydrogen-bond acceptors (Lipinski definition) is 4. The van der Waals surface area contributed by atoms with Gasteiger partial charge in [0, 0.05) is 31.4 Å². The van der Waals surface area contributed by atoms with E-state index >= 15 is 0 Å². The molecule has 1 aromatic rings. The van der Waals surface area contributed by atoms with Gasteiger partial charge in [0.05, 0.1) is 10.5 Å². The zero-order chi connectivity index (χ0) is 15.2. The van der Waals surface area contributed by atoms with Gasteiger partial charge in [0.2, 0.25) is 0 Å². The zero-order valence-electron chi connectivity index (χ0n) is 12.2. The second-order valence-electron chi connectivity index (χ2n) is 5.43. The lowest BCUT2D eigenvalue weighted by Crippen LogP contribution is -2.20. The molecule has 1 amide bonds. The lowest BCUT2D eigenvalue weighted by atomic mass is 10.0. The molecule has 1 aromatic carbocycles. The molecule has 21 heavy (non-hydrogen) atoms. The summed E-state index contributed by atoms with van der Waals surface area (Å²) in [6.45, 7) is 0.784. The summed E-state index contributed by atoms with van der Waals surface area (Å²) < 4.78 is 0. The Labute approximate surface area is 124 Å². The fourth-order valence-electron chi connectivity index (χ4n) is 2.83. The van der Waals surface area contributed by atoms with Gasteiger partial charge in [-0.05, 0) is 18.4 Å². The lowest BCUT2D eigenvalue weighted by molar-refractivity contribution is -0.384. The first-order chi connectivity index (χ1) is 10.1. The van der Waals surface area contributed by atoms with Crippen LogP contribution >= 0.6 is 0 Å². The standard InChI is InChI=1S/C15H21N3O3/c1-16-15(19)13-10-12(18(20)21)6-7-14(13)17-9-8-11-4-2-3-5-11/h6-7,10-11,17H,2-5,8-9H2,1H3,(H,16,19). The second-order valence-corrected chi connectivity index (χ2v) is 5.43. The number of non-ortho nitro benzene ring substituents is 1. The third-order valence-electron chi connectivity index (χ3n) is 4.03. The van der Waals surface area contributed by atoms with Crippen molar-refractivity contribution in [2.24, 2.45) is 5.92 Å². The highest BCUT2D eigenvalue weighted by molar-refractivity contribution is 6.00. The quantitative estimate of drug-likeness (QED) is 0.623. The first kappa shape index (κ1) is 15.3. The SMILES string of the molecule is CNC(=O)c1cc([N+](=O)[O-])ccc1NCCC1CCCC1. The van der Waals surface area contributed by atoms with Gasteiger partial charge in [-0.2, -0.15) is 0 Å². The molecule has 0 heterocycles. The molecule has 2 N–H and O–H groups in total. The molecule has 1 saturated carbocycles. The third-order valence-corrected chi connectivity index (χ3v) is 4.03. The highest BCUT2D eigenvalue weighted by Crippen LogP contribution is 2.28. The third kappa shape index (κ3) is 3.93. The predicted molar refractivity (Wildman–Crippen MR) is 81.6 cm³/mol. The molecule has 0 saturated heterocycles. The van der Waals surface area contributed by atoms with Crippen molar-refractivity contribution < 1.29 is 9.72 Å². The van der Waals surface area contributed by atoms with Gasteiger partial charge < -0.3 is 10.6 Å². The molecule has 2 rings (SSSR count). The molecular formula is C15H21N3O3. The van der Waals surface area contributed by atoms with Crippen molar-refractivity contribution in [3.63, 3.8) is 0 Å². The van der Waals surface area contributed by atoms with E-state index in [4.69, 9.17) is 0 Å². The van der Waals surface area contributed by atoms with E-state index in [-0.39, 0.29) is 11.6 Å². The molecular weight excluding hydrogens is 270 g/mol. The Hall–Kier alpha value is -2.11. The summed E-state index contributed by atoms with van der Waals surface area (Å²) in [4.78, 5) is 22.2. The maximum atomic E-state index is 11.9. The van der Waals surface area contributed by atoms with E-state index in [1.165, 1.54) is 44.9 Å². The molecule has 1 fully saturated rings. The maximum Gasteiger partial charge on any atom is 0.270 e. The zero-order valence-corrected chi connectivity index (χ0v) is 12.2. The van der Waals surface area contributed by atoms with Gasteiger partial charge in [-0.15, -0.1) is 0 Å². The summed E-state index contributed by atoms with van der Waals surface area (Å²) in [5, 5.41) is 16.6. The number of carbonyl (C=O) groups excluding carboxylic acids is 1. The first-order valence-electron chi connectivity index (χ1n) is 7.36. The van der Waals surface area contributed by atoms with Crippen LogP contribution in [0.2, 0.25) is 0 Å². The van der Waals surface area contributed by atoms with Gasteiger partial charge in [-0.3, -0.25) is 14.9 Å². The molecule has 0 radical (unpaired) electrons. The van der Waals surface area contributed by atoms with Crippen LogP contribution in [0.3, 0.4) is 0 Å². The van der Waals surface area contributed by atoms with Gasteiger partial charge in [0.25, 0.3) is 11.6 Å². The van der Waals surface area contributed by atoms with Gasteiger partial charge in [-0.1, -0.05) is 25.7 Å². The number of rotatable bonds is 6. The Morgan fingerprint density at radius 1 is 1.38 bits per heavy atom. The number of carbonyl (C=O) groups is 1. The van der Waals surface area contributed by atoms with Crippen molar-refractivity contribution in [1.29, 1.82) is 0 Å². The molecule has 1 aliphatic rings. The summed E-state index contributed by atoms with van der Waals surface area (Å²) in [7, 11) is 1.52. The van der Waals surface area contributed by atoms with Crippen molar-refractivity contribution in [2.75, 3.05) is 18.9 Å². The molecule has 0 atom stereocenters. The van der Waals surface area contributed by atoms with Crippen LogP contribution < -0.4 is 10.6 Å². The van der Waals surface area contributed by atoms with E-state index in [1.807, 2.05) is 0 Å². The van der Waals surface area contributed by atoms with Crippen LogP contribution in [0.5, 0.6) is 0 Å². The molecule has 0 unspecified atom stereocenters. The van der Waals surface area contributed by atoms with Crippen molar-refractivity contribution in [3.05, 3.63) is 33.9 Å². The molecule has 0 aromatic heterocycles. The second kappa shape index (κ2) is 7.06. The maximum absolute atomic E-state index is 11.9. The number of amides is 1. The smallest absolute Gasteiger partial charge is 0.270 e. The normalized spacial score (nSPS) is 14.9. The molecule has 0 bridgehead atoms. The fraction of sp³-hybridized carbons (Fsp3) is 0.533. The highest BCUT2D eigenvalue weighted by Gasteiger charge is 2.17. The number of benzene rings is 1. The highest BCUT2D eigenvalue weighted by atomic mass is 16.6. The van der Waals surface area contributed by atoms with Crippen LogP contribution in [0.15, 0.2) is 18.2 Å². The number of hydrogen-bond donors (Lipinski definition) is 2. The van der Waals surface area contributed by atoms with Crippen LogP contribution in [-0.2, 0) is 0 Å². The van der Waals surface area contributed by atoms with Crippen molar-refractivity contribution in [3.8, 4) is 0 Å². The molecule has 114 valence electrons. The molecule has 6 heteroatoms. The number of nitro groups is 1. The first-order valence-corrected chi connectivity index (χ1v) is 7.36. The van der Waals surface area contributed by atoms with E-state index in [0.29, 0.717) is 11.3 Å². The van der Waals surface area contributed by atoms with E-state index in [9.17, 15) is 14.9 Å². The minimum atomic E-state index is -0.491. The van der Waals surface area contributed by atoms with Crippen LogP contribution in [0.1, 0.15) is 42.5 Å². The van der Waals surface area contributed by atoms with E-state index in [2.05, 4.69) is 10.6 Å². The Morgan fingerprint density at radius 2 is 2.10 bits per heavy atom. The van der Waals surface area contributed by atoms with Crippen molar-refractivity contribution >= 4 is 17.3 Å². The summed E-state index contributed by atoms with van der Waals surface area (Å²) in [6, 6.07) is 4.35. The summed E-state index contributed by atoms with van der Waals surface area (Å²) >= 11 is 0. The summed E-state index contributed by atoms with van der Waals surface area (Å²) in [5.74, 6) is 0.445. The van der Waals surface area contributed by atoms with Crippen LogP contribution in [0, 0.1) is 16.0 Å². The average molecular weight is 291 g/mol.